The van der Waals surface area contributed by atoms with Crippen molar-refractivity contribution in [2.45, 2.75) is 11.3 Å². The van der Waals surface area contributed by atoms with Crippen LogP contribution >= 0.6 is 0 Å². The van der Waals surface area contributed by atoms with Crippen molar-refractivity contribution >= 4 is 42.8 Å². The van der Waals surface area contributed by atoms with Gasteiger partial charge in [-0.05, 0) is 53.9 Å². The van der Waals surface area contributed by atoms with Crippen molar-refractivity contribution in [3.05, 3.63) is 99.1 Å². The number of hydrogen-bond donors (Lipinski definition) is 2. The van der Waals surface area contributed by atoms with Crippen LogP contribution in [0.3, 0.4) is 0 Å². The Morgan fingerprint density at radius 3 is 2.35 bits per heavy atom. The van der Waals surface area contributed by atoms with E-state index in [1.54, 1.807) is 0 Å². The average Bonchev–Trinajstić information content (AvgIpc) is 2.80. The fraction of sp³-hybridized carbons (Fsp3) is 0.0833. The summed E-state index contributed by atoms with van der Waals surface area (Å²) in [5.74, 6) is -4.42. The Morgan fingerprint density at radius 1 is 1.02 bits per heavy atom. The summed E-state index contributed by atoms with van der Waals surface area (Å²) in [6.07, 6.45) is 1.27. The third-order valence-electron chi connectivity index (χ3n) is 5.72. The van der Waals surface area contributed by atoms with E-state index < -0.39 is 65.1 Å². The average molecular weight is 601 g/mol. The molecule has 40 heavy (non-hydrogen) atoms. The van der Waals surface area contributed by atoms with Crippen LogP contribution in [0.4, 0.5) is 24.5 Å². The molecule has 1 aliphatic heterocycles. The molecule has 0 atom stereocenters. The van der Waals surface area contributed by atoms with Crippen LogP contribution in [0.2, 0.25) is 0 Å². The van der Waals surface area contributed by atoms with E-state index in [0.29, 0.717) is 6.07 Å². The zero-order chi connectivity index (χ0) is 28.3. The van der Waals surface area contributed by atoms with Crippen LogP contribution in [0, 0.1) is 17.5 Å². The molecule has 1 aliphatic rings. The van der Waals surface area contributed by atoms with Crippen molar-refractivity contribution < 1.29 is 64.7 Å². The number of fused-ring (bicyclic) bond motifs is 2. The van der Waals surface area contributed by atoms with E-state index in [2.05, 4.69) is 14.4 Å². The number of sulfonamides is 2. The molecule has 2 aromatic heterocycles. The summed E-state index contributed by atoms with van der Waals surface area (Å²) in [7, 11) is -8.30. The van der Waals surface area contributed by atoms with Gasteiger partial charge in [0.1, 0.15) is 22.3 Å². The van der Waals surface area contributed by atoms with Gasteiger partial charge in [0.2, 0.25) is 10.0 Å². The van der Waals surface area contributed by atoms with E-state index in [4.69, 9.17) is 0 Å². The van der Waals surface area contributed by atoms with Gasteiger partial charge >= 0.3 is 29.6 Å². The molecular formula is C24H16F3N4NaO6S2. The molecule has 0 spiro atoms. The second-order valence-electron chi connectivity index (χ2n) is 8.67. The normalized spacial score (nSPS) is 14.1. The minimum absolute atomic E-state index is 0. The Kier molecular flexibility index (Phi) is 7.81. The molecule has 202 valence electrons. The Hall–Kier alpha value is -3.37. The third-order valence-corrected chi connectivity index (χ3v) is 7.65. The number of aromatic nitrogens is 1. The maximum Gasteiger partial charge on any atom is 1.00 e. The zero-order valence-corrected chi connectivity index (χ0v) is 24.3. The topological polar surface area (TPSA) is 149 Å². The molecule has 0 aliphatic carbocycles. The molecule has 0 unspecified atom stereocenters. The van der Waals surface area contributed by atoms with Crippen molar-refractivity contribution in [1.82, 2.24) is 4.40 Å². The number of halogens is 3. The Morgan fingerprint density at radius 2 is 1.70 bits per heavy atom. The summed E-state index contributed by atoms with van der Waals surface area (Å²) >= 11 is 0. The standard InChI is InChI=1S/C24H17F3N4O6S2.Na/c1-38(34,35)29-16-3-4-18-20(10-16)39(36,37)30-23(28-18)21-22(32)17(8-12-6-14(26)9-15(27)7-12)19-5-2-13(25)11-31(19)24(21)33;/h2-7,9-11,29,33H,8H2,1H3,(H,28,30);/q;+1/p-1. The zero-order valence-electron chi connectivity index (χ0n) is 20.7. The van der Waals surface area contributed by atoms with Crippen LogP contribution in [0.1, 0.15) is 16.7 Å². The molecule has 0 amide bonds. The van der Waals surface area contributed by atoms with E-state index in [-0.39, 0.29) is 64.0 Å². The van der Waals surface area contributed by atoms with Gasteiger partial charge in [0.15, 0.2) is 11.3 Å². The summed E-state index contributed by atoms with van der Waals surface area (Å²) in [5, 5.41) is 15.9. The molecule has 5 rings (SSSR count). The predicted molar refractivity (Wildman–Crippen MR) is 134 cm³/mol. The van der Waals surface area contributed by atoms with Crippen molar-refractivity contribution in [3.8, 4) is 5.88 Å². The van der Waals surface area contributed by atoms with Crippen LogP contribution in [-0.2, 0) is 26.5 Å². The van der Waals surface area contributed by atoms with Gasteiger partial charge in [0, 0.05) is 29.9 Å². The Labute approximate surface area is 247 Å². The van der Waals surface area contributed by atoms with Crippen LogP contribution in [0.5, 0.6) is 5.88 Å². The fourth-order valence-corrected chi connectivity index (χ4v) is 5.92. The van der Waals surface area contributed by atoms with Crippen LogP contribution in [0.15, 0.2) is 68.8 Å². The number of rotatable bonds is 5. The van der Waals surface area contributed by atoms with Gasteiger partial charge in [-0.2, -0.15) is 8.42 Å². The largest absolute Gasteiger partial charge is 1.00 e. The molecular weight excluding hydrogens is 584 g/mol. The van der Waals surface area contributed by atoms with Gasteiger partial charge in [-0.25, -0.2) is 21.6 Å². The monoisotopic (exact) mass is 600 g/mol. The number of pyridine rings is 2. The molecule has 4 aromatic rings. The first-order valence-electron chi connectivity index (χ1n) is 10.9. The molecule has 16 heteroatoms. The van der Waals surface area contributed by atoms with E-state index in [1.165, 1.54) is 12.1 Å². The molecule has 2 N–H and O–H groups in total. The van der Waals surface area contributed by atoms with Crippen LogP contribution in [0.25, 0.3) is 5.52 Å². The number of benzene rings is 2. The first-order valence-corrected chi connectivity index (χ1v) is 14.3. The van der Waals surface area contributed by atoms with E-state index >= 15 is 0 Å². The molecule has 2 aromatic carbocycles. The molecule has 0 bridgehead atoms. The molecule has 0 fully saturated rings. The minimum Gasteiger partial charge on any atom is -0.859 e. The smallest absolute Gasteiger partial charge is 0.859 e. The quantitative estimate of drug-likeness (QED) is 0.288. The maximum atomic E-state index is 14.1. The molecule has 0 radical (unpaired) electrons. The van der Waals surface area contributed by atoms with Gasteiger partial charge in [0.25, 0.3) is 10.0 Å². The Balaban J connectivity index is 0.00000370. The van der Waals surface area contributed by atoms with Crippen molar-refractivity contribution in [1.29, 1.82) is 0 Å². The van der Waals surface area contributed by atoms with Crippen molar-refractivity contribution in [3.63, 3.8) is 0 Å². The maximum absolute atomic E-state index is 14.1. The van der Waals surface area contributed by atoms with Gasteiger partial charge < -0.3 is 14.8 Å². The predicted octanol–water partition coefficient (Wildman–Crippen LogP) is -0.682. The summed E-state index contributed by atoms with van der Waals surface area (Å²) in [5.41, 5.74) is -2.13. The molecule has 3 heterocycles. The first kappa shape index (κ1) is 29.6. The molecule has 10 nitrogen and oxygen atoms in total. The fourth-order valence-electron chi connectivity index (χ4n) is 4.21. The Bertz CT molecular complexity index is 2000. The minimum atomic E-state index is -4.57. The van der Waals surface area contributed by atoms with Crippen molar-refractivity contribution in [2.24, 2.45) is 4.40 Å². The molecule has 0 saturated heterocycles. The molecule has 0 saturated carbocycles. The number of nitrogens with one attached hydrogen (secondary N) is 2. The van der Waals surface area contributed by atoms with Gasteiger partial charge in [-0.1, -0.05) is 0 Å². The van der Waals surface area contributed by atoms with Crippen LogP contribution in [-0.4, -0.2) is 33.3 Å². The number of amidine groups is 1. The van der Waals surface area contributed by atoms with E-state index in [9.17, 15) is 39.9 Å². The van der Waals surface area contributed by atoms with Gasteiger partial charge in [-0.15, -0.1) is 4.40 Å². The first-order chi connectivity index (χ1) is 18.2. The number of nitrogens with zero attached hydrogens (tertiary/aromatic N) is 2. The van der Waals surface area contributed by atoms with E-state index in [1.807, 2.05) is 0 Å². The summed E-state index contributed by atoms with van der Waals surface area (Å²) in [6, 6.07) is 8.18. The summed E-state index contributed by atoms with van der Waals surface area (Å²) in [4.78, 5) is 13.2. The second-order valence-corrected chi connectivity index (χ2v) is 12.0. The summed E-state index contributed by atoms with van der Waals surface area (Å²) in [6.45, 7) is 0. The van der Waals surface area contributed by atoms with Gasteiger partial charge in [0.05, 0.1) is 23.0 Å². The number of anilines is 2. The van der Waals surface area contributed by atoms with Crippen molar-refractivity contribution in [2.75, 3.05) is 16.3 Å². The van der Waals surface area contributed by atoms with Crippen LogP contribution < -0.4 is 50.1 Å². The SMILES string of the molecule is CS(=O)(=O)Nc1ccc2c(c1)S(=O)(=O)N=C(c1c([O-])n3cc(F)ccc3c(Cc3cc(F)cc(F)c3)c1=O)N2.[Na+]. The third kappa shape index (κ3) is 5.74. The van der Waals surface area contributed by atoms with E-state index in [0.717, 1.165) is 47.2 Å². The van der Waals surface area contributed by atoms with Gasteiger partial charge in [-0.3, -0.25) is 9.52 Å². The summed E-state index contributed by atoms with van der Waals surface area (Å²) < 4.78 is 97.3. The number of hydrogen-bond acceptors (Lipinski definition) is 7. The second kappa shape index (κ2) is 10.6.